The summed E-state index contributed by atoms with van der Waals surface area (Å²) in [6.07, 6.45) is 9.44. The number of hydrogen-bond acceptors (Lipinski definition) is 4. The van der Waals surface area contributed by atoms with Crippen molar-refractivity contribution in [2.75, 3.05) is 0 Å². The molecule has 0 saturated carbocycles. The molecule has 0 amide bonds. The molecule has 2 aliphatic carbocycles. The van der Waals surface area contributed by atoms with E-state index in [1.54, 1.807) is 0 Å². The highest BCUT2D eigenvalue weighted by molar-refractivity contribution is 5.60. The average Bonchev–Trinajstić information content (AvgIpc) is 3.50. The number of hydrogen-bond donors (Lipinski definition) is 2. The Balaban J connectivity index is 1.52. The molecule has 6 bridgehead atoms. The second-order valence-corrected chi connectivity index (χ2v) is 19.5. The fourth-order valence-corrected chi connectivity index (χ4v) is 8.23. The lowest BCUT2D eigenvalue weighted by Gasteiger charge is -2.40. The van der Waals surface area contributed by atoms with Crippen LogP contribution in [-0.2, 0) is 36.5 Å². The fraction of sp³-hybridized carbons (Fsp3) is 0.545. The third-order valence-electron chi connectivity index (χ3n) is 11.4. The molecular formula is C44H56O4. The average molecular weight is 649 g/mol. The number of aliphatic hydroxyl groups excluding tert-OH is 2. The first-order valence-electron chi connectivity index (χ1n) is 17.9. The Morgan fingerprint density at radius 1 is 0.521 bits per heavy atom. The van der Waals surface area contributed by atoms with Crippen LogP contribution in [0.4, 0.5) is 0 Å². The van der Waals surface area contributed by atoms with Crippen molar-refractivity contribution in [2.45, 2.75) is 143 Å². The van der Waals surface area contributed by atoms with Crippen molar-refractivity contribution >= 4 is 0 Å². The van der Waals surface area contributed by atoms with Crippen molar-refractivity contribution in [3.05, 3.63) is 104 Å². The van der Waals surface area contributed by atoms with Crippen molar-refractivity contribution in [1.82, 2.24) is 0 Å². The molecule has 2 spiro atoms. The number of benzene rings is 2. The molecule has 3 aliphatic heterocycles. The quantitative estimate of drug-likeness (QED) is 0.300. The second kappa shape index (κ2) is 10.2. The maximum atomic E-state index is 12.5. The van der Waals surface area contributed by atoms with E-state index in [4.69, 9.17) is 9.47 Å². The molecule has 0 aromatic heterocycles. The highest BCUT2D eigenvalue weighted by atomic mass is 16.5. The zero-order valence-electron chi connectivity index (χ0n) is 31.3. The van der Waals surface area contributed by atoms with Crippen LogP contribution in [0.3, 0.4) is 0 Å². The maximum Gasteiger partial charge on any atom is 0.161 e. The van der Waals surface area contributed by atoms with Gasteiger partial charge in [0.25, 0.3) is 0 Å². The summed E-state index contributed by atoms with van der Waals surface area (Å²) in [6.45, 7) is 26.9. The Bertz CT molecular complexity index is 1700. The number of ether oxygens (including phenoxy) is 2. The van der Waals surface area contributed by atoms with E-state index in [1.165, 1.54) is 22.3 Å². The van der Waals surface area contributed by atoms with Crippen LogP contribution in [0, 0.1) is 10.8 Å². The molecule has 0 radical (unpaired) electrons. The van der Waals surface area contributed by atoms with Gasteiger partial charge in [-0.2, -0.15) is 0 Å². The first kappa shape index (κ1) is 33.4. The minimum Gasteiger partial charge on any atom is -0.479 e. The van der Waals surface area contributed by atoms with Crippen molar-refractivity contribution in [1.29, 1.82) is 0 Å². The first-order valence-corrected chi connectivity index (χ1v) is 17.9. The van der Waals surface area contributed by atoms with E-state index in [-0.39, 0.29) is 21.7 Å². The van der Waals surface area contributed by atoms with Gasteiger partial charge in [0.05, 0.1) is 0 Å². The van der Waals surface area contributed by atoms with Crippen LogP contribution in [0.5, 0.6) is 11.5 Å². The van der Waals surface area contributed by atoms with E-state index in [9.17, 15) is 10.2 Å². The third kappa shape index (κ3) is 5.33. The molecule has 4 heteroatoms. The van der Waals surface area contributed by atoms with Gasteiger partial charge < -0.3 is 19.7 Å². The molecular weight excluding hydrogens is 592 g/mol. The molecule has 0 fully saturated rings. The number of fused-ring (bicyclic) bond motifs is 2. The summed E-state index contributed by atoms with van der Waals surface area (Å²) in [5.41, 5.74) is 8.78. The Morgan fingerprint density at radius 2 is 0.854 bits per heavy atom. The molecule has 2 aromatic rings. The fourth-order valence-electron chi connectivity index (χ4n) is 8.23. The third-order valence-corrected chi connectivity index (χ3v) is 11.4. The maximum absolute atomic E-state index is 12.5. The lowest BCUT2D eigenvalue weighted by molar-refractivity contribution is 0.00717. The molecule has 48 heavy (non-hydrogen) atoms. The van der Waals surface area contributed by atoms with Gasteiger partial charge in [0, 0.05) is 25.7 Å². The van der Waals surface area contributed by atoms with E-state index in [1.807, 2.05) is 0 Å². The SMILES string of the molecule is CC(C)(C)C1=C[C@]23Cc4cc(C(C)(C)C)cc(c4O2)CC2=CC(C(C)(C)C)=C[C@]4(Cc5cc(C(C)(C)C)cc(c5O4)CC(=C1)[C@H]3O)[C@H]2O. The van der Waals surface area contributed by atoms with Crippen molar-refractivity contribution in [3.8, 4) is 11.5 Å². The summed E-state index contributed by atoms with van der Waals surface area (Å²) in [4.78, 5) is 0. The van der Waals surface area contributed by atoms with Gasteiger partial charge in [-0.3, -0.25) is 0 Å². The van der Waals surface area contributed by atoms with Gasteiger partial charge in [0.15, 0.2) is 11.2 Å². The van der Waals surface area contributed by atoms with Crippen LogP contribution in [-0.4, -0.2) is 33.6 Å². The first-order chi connectivity index (χ1) is 22.0. The summed E-state index contributed by atoms with van der Waals surface area (Å²) in [7, 11) is 0. The van der Waals surface area contributed by atoms with Crippen LogP contribution in [0.15, 0.2) is 70.9 Å². The molecule has 256 valence electrons. The Morgan fingerprint density at radius 3 is 1.17 bits per heavy atom. The second-order valence-electron chi connectivity index (χ2n) is 19.5. The van der Waals surface area contributed by atoms with E-state index in [0.717, 1.165) is 44.9 Å². The van der Waals surface area contributed by atoms with Crippen molar-refractivity contribution < 1.29 is 19.7 Å². The summed E-state index contributed by atoms with van der Waals surface area (Å²) in [5.74, 6) is 1.70. The van der Waals surface area contributed by atoms with Crippen LogP contribution < -0.4 is 9.47 Å². The van der Waals surface area contributed by atoms with Crippen molar-refractivity contribution in [3.63, 3.8) is 0 Å². The summed E-state index contributed by atoms with van der Waals surface area (Å²) < 4.78 is 14.3. The predicted molar refractivity (Wildman–Crippen MR) is 195 cm³/mol. The number of allylic oxidation sites excluding steroid dienone is 4. The zero-order chi connectivity index (χ0) is 35.0. The van der Waals surface area contributed by atoms with Crippen molar-refractivity contribution in [2.24, 2.45) is 10.8 Å². The Kier molecular flexibility index (Phi) is 7.12. The van der Waals surface area contributed by atoms with Gasteiger partial charge in [0.1, 0.15) is 23.7 Å². The normalized spacial score (nSPS) is 28.0. The molecule has 2 N–H and O–H groups in total. The Labute approximate surface area is 288 Å². The Hall–Kier alpha value is -3.08. The predicted octanol–water partition coefficient (Wildman–Crippen LogP) is 8.97. The summed E-state index contributed by atoms with van der Waals surface area (Å²) in [5, 5.41) is 24.9. The molecule has 0 unspecified atom stereocenters. The van der Waals surface area contributed by atoms with E-state index in [2.05, 4.69) is 132 Å². The molecule has 5 aliphatic rings. The largest absolute Gasteiger partial charge is 0.479 e. The lowest BCUT2D eigenvalue weighted by atomic mass is 9.71. The van der Waals surface area contributed by atoms with Gasteiger partial charge >= 0.3 is 0 Å². The highest BCUT2D eigenvalue weighted by Gasteiger charge is 2.52. The van der Waals surface area contributed by atoms with E-state index in [0.29, 0.717) is 25.7 Å². The standard InChI is InChI=1S/C44H56O4/c1-39(2,3)31-15-25-13-27-17-33(41(7,8)9)24-44(37(27)45)22-30-20-32(40(4,5)6)16-26(36(30)48-44)14-28-18-34(42(10,11)12)23-43(38(28)46)21-29(19-31)35(25)47-43/h15-20,23-24,37-38,45-46H,13-14,21-22H2,1-12H3/t37-,38+,43-,44+. The van der Waals surface area contributed by atoms with Crippen LogP contribution in [0.1, 0.15) is 116 Å². The molecule has 0 saturated heterocycles. The smallest absolute Gasteiger partial charge is 0.161 e. The van der Waals surface area contributed by atoms with Crippen LogP contribution in [0.25, 0.3) is 0 Å². The van der Waals surface area contributed by atoms with Crippen LogP contribution in [0.2, 0.25) is 0 Å². The van der Waals surface area contributed by atoms with Gasteiger partial charge in [-0.25, -0.2) is 0 Å². The minimum absolute atomic E-state index is 0.0849. The summed E-state index contributed by atoms with van der Waals surface area (Å²) in [6, 6.07) is 9.14. The molecule has 3 heterocycles. The topological polar surface area (TPSA) is 58.9 Å². The monoisotopic (exact) mass is 648 g/mol. The highest BCUT2D eigenvalue weighted by Crippen LogP contribution is 2.53. The molecule has 7 rings (SSSR count). The van der Waals surface area contributed by atoms with Gasteiger partial charge in [0.2, 0.25) is 0 Å². The van der Waals surface area contributed by atoms with Gasteiger partial charge in [-0.15, -0.1) is 0 Å². The van der Waals surface area contributed by atoms with E-state index >= 15 is 0 Å². The summed E-state index contributed by atoms with van der Waals surface area (Å²) >= 11 is 0. The molecule has 4 nitrogen and oxygen atoms in total. The molecule has 2 aromatic carbocycles. The minimum atomic E-state index is -0.921. The van der Waals surface area contributed by atoms with Crippen LogP contribution >= 0.6 is 0 Å². The molecule has 4 atom stereocenters. The number of aliphatic hydroxyl groups is 2. The zero-order valence-corrected chi connectivity index (χ0v) is 31.3. The van der Waals surface area contributed by atoms with Gasteiger partial charge in [-0.1, -0.05) is 120 Å². The number of rotatable bonds is 0. The van der Waals surface area contributed by atoms with E-state index < -0.39 is 23.4 Å². The lowest BCUT2D eigenvalue weighted by Crippen LogP contribution is -2.49. The van der Waals surface area contributed by atoms with Gasteiger partial charge in [-0.05, 0) is 89.5 Å².